The van der Waals surface area contributed by atoms with Gasteiger partial charge in [-0.2, -0.15) is 0 Å². The van der Waals surface area contributed by atoms with Crippen LogP contribution in [0.1, 0.15) is 23.2 Å². The smallest absolute Gasteiger partial charge is 0.253 e. The Bertz CT molecular complexity index is 532. The molecule has 1 amide bonds. The summed E-state index contributed by atoms with van der Waals surface area (Å²) >= 11 is 5.73. The fourth-order valence-electron chi connectivity index (χ4n) is 1.82. The third kappa shape index (κ3) is 2.96. The van der Waals surface area contributed by atoms with Gasteiger partial charge >= 0.3 is 0 Å². The molecule has 1 aliphatic carbocycles. The highest BCUT2D eigenvalue weighted by molar-refractivity contribution is 6.34. The van der Waals surface area contributed by atoms with Crippen LogP contribution < -0.4 is 11.1 Å². The first kappa shape index (κ1) is 13.6. The molecule has 1 aromatic rings. The van der Waals surface area contributed by atoms with Gasteiger partial charge in [0.25, 0.3) is 5.91 Å². The molecule has 0 heterocycles. The molecule has 1 atom stereocenters. The lowest BCUT2D eigenvalue weighted by molar-refractivity contribution is 0.0942. The number of halogens is 2. The molecule has 0 radical (unpaired) electrons. The molecule has 0 spiro atoms. The van der Waals surface area contributed by atoms with Crippen LogP contribution in [0.2, 0.25) is 5.02 Å². The van der Waals surface area contributed by atoms with Gasteiger partial charge in [-0.3, -0.25) is 4.79 Å². The summed E-state index contributed by atoms with van der Waals surface area (Å²) in [4.78, 5) is 12.0. The van der Waals surface area contributed by atoms with Crippen LogP contribution in [0.3, 0.4) is 0 Å². The summed E-state index contributed by atoms with van der Waals surface area (Å²) in [5, 5.41) is 14.0. The number of benzene rings is 1. The van der Waals surface area contributed by atoms with Crippen molar-refractivity contribution >= 4 is 23.3 Å². The van der Waals surface area contributed by atoms with E-state index in [1.807, 2.05) is 0 Å². The zero-order chi connectivity index (χ0) is 14.0. The van der Waals surface area contributed by atoms with E-state index in [1.165, 1.54) is 18.2 Å². The Labute approximate surface area is 114 Å². The zero-order valence-corrected chi connectivity index (χ0v) is 10.7. The van der Waals surface area contributed by atoms with Crippen molar-refractivity contribution in [2.75, 3.05) is 0 Å². The van der Waals surface area contributed by atoms with Gasteiger partial charge in [0.15, 0.2) is 5.84 Å². The molecule has 5 nitrogen and oxygen atoms in total. The van der Waals surface area contributed by atoms with Gasteiger partial charge in [0.05, 0.1) is 16.6 Å². The predicted octanol–water partition coefficient (Wildman–Crippen LogP) is 1.73. The fourth-order valence-corrected chi connectivity index (χ4v) is 2.04. The van der Waals surface area contributed by atoms with Crippen molar-refractivity contribution in [3.8, 4) is 0 Å². The molecule has 1 aliphatic rings. The zero-order valence-electron chi connectivity index (χ0n) is 9.94. The van der Waals surface area contributed by atoms with Crippen LogP contribution in [0, 0.1) is 11.7 Å². The molecule has 1 unspecified atom stereocenters. The Morgan fingerprint density at radius 2 is 2.26 bits per heavy atom. The monoisotopic (exact) mass is 285 g/mol. The lowest BCUT2D eigenvalue weighted by Crippen LogP contribution is -2.46. The molecule has 19 heavy (non-hydrogen) atoms. The number of nitrogens with two attached hydrogens (primary N) is 1. The van der Waals surface area contributed by atoms with Crippen molar-refractivity contribution in [2.45, 2.75) is 18.9 Å². The Hall–Kier alpha value is -1.82. The van der Waals surface area contributed by atoms with Gasteiger partial charge in [0.2, 0.25) is 0 Å². The quantitative estimate of drug-likeness (QED) is 0.341. The van der Waals surface area contributed by atoms with Crippen molar-refractivity contribution in [3.63, 3.8) is 0 Å². The molecule has 0 bridgehead atoms. The van der Waals surface area contributed by atoms with Crippen molar-refractivity contribution in [2.24, 2.45) is 16.8 Å². The van der Waals surface area contributed by atoms with Gasteiger partial charge in [-0.1, -0.05) is 22.8 Å². The van der Waals surface area contributed by atoms with E-state index in [9.17, 15) is 9.18 Å². The van der Waals surface area contributed by atoms with E-state index in [2.05, 4.69) is 10.5 Å². The van der Waals surface area contributed by atoms with E-state index in [0.717, 1.165) is 12.8 Å². The minimum absolute atomic E-state index is 0.0260. The Morgan fingerprint density at radius 3 is 2.84 bits per heavy atom. The highest BCUT2D eigenvalue weighted by Crippen LogP contribution is 2.33. The Kier molecular flexibility index (Phi) is 3.90. The average Bonchev–Trinajstić information content (AvgIpc) is 3.22. The number of amidine groups is 1. The third-order valence-electron chi connectivity index (χ3n) is 3.01. The van der Waals surface area contributed by atoms with E-state index in [4.69, 9.17) is 22.5 Å². The largest absolute Gasteiger partial charge is 0.409 e. The second-order valence-corrected chi connectivity index (χ2v) is 4.79. The summed E-state index contributed by atoms with van der Waals surface area (Å²) in [7, 11) is 0. The molecule has 0 saturated heterocycles. The maximum Gasteiger partial charge on any atom is 0.253 e. The Morgan fingerprint density at radius 1 is 1.58 bits per heavy atom. The number of nitrogens with zero attached hydrogens (tertiary/aromatic N) is 1. The first-order valence-corrected chi connectivity index (χ1v) is 6.14. The summed E-state index contributed by atoms with van der Waals surface area (Å²) in [5.74, 6) is -1.13. The first-order chi connectivity index (χ1) is 9.04. The molecular weight excluding hydrogens is 273 g/mol. The van der Waals surface area contributed by atoms with Gasteiger partial charge in [0, 0.05) is 0 Å². The number of oxime groups is 1. The molecule has 0 aromatic heterocycles. The highest BCUT2D eigenvalue weighted by atomic mass is 35.5. The topological polar surface area (TPSA) is 87.7 Å². The number of carbonyl (C=O) groups excluding carboxylic acids is 1. The summed E-state index contributed by atoms with van der Waals surface area (Å²) in [6.45, 7) is 0. The molecule has 1 aromatic carbocycles. The number of amides is 1. The lowest BCUT2D eigenvalue weighted by Gasteiger charge is -2.17. The molecule has 4 N–H and O–H groups in total. The number of carbonyl (C=O) groups is 1. The second-order valence-electron chi connectivity index (χ2n) is 4.41. The van der Waals surface area contributed by atoms with Crippen LogP contribution >= 0.6 is 11.6 Å². The summed E-state index contributed by atoms with van der Waals surface area (Å²) in [6, 6.07) is 3.42. The number of nitrogens with one attached hydrogen (secondary N) is 1. The SMILES string of the molecule is N/C(=N/O)C(NC(=O)c1cccc(F)c1Cl)C1CC1. The van der Waals surface area contributed by atoms with Gasteiger partial charge in [-0.25, -0.2) is 4.39 Å². The van der Waals surface area contributed by atoms with Gasteiger partial charge < -0.3 is 16.3 Å². The molecule has 0 aliphatic heterocycles. The summed E-state index contributed by atoms with van der Waals surface area (Å²) < 4.78 is 13.3. The maximum atomic E-state index is 13.3. The predicted molar refractivity (Wildman–Crippen MR) is 68.8 cm³/mol. The summed E-state index contributed by atoms with van der Waals surface area (Å²) in [6.07, 6.45) is 1.77. The molecule has 1 saturated carbocycles. The van der Waals surface area contributed by atoms with E-state index >= 15 is 0 Å². The fraction of sp³-hybridized carbons (Fsp3) is 0.333. The van der Waals surface area contributed by atoms with Gasteiger partial charge in [-0.05, 0) is 30.9 Å². The molecule has 7 heteroatoms. The minimum Gasteiger partial charge on any atom is -0.409 e. The van der Waals surface area contributed by atoms with Crippen LogP contribution in [0.15, 0.2) is 23.4 Å². The van der Waals surface area contributed by atoms with Crippen molar-refractivity contribution in [3.05, 3.63) is 34.6 Å². The van der Waals surface area contributed by atoms with Crippen LogP contribution in [0.5, 0.6) is 0 Å². The van der Waals surface area contributed by atoms with E-state index < -0.39 is 17.8 Å². The average molecular weight is 286 g/mol. The van der Waals surface area contributed by atoms with Gasteiger partial charge in [-0.15, -0.1) is 0 Å². The van der Waals surface area contributed by atoms with Crippen LogP contribution in [0.4, 0.5) is 4.39 Å². The second kappa shape index (κ2) is 5.44. The molecule has 102 valence electrons. The van der Waals surface area contributed by atoms with Crippen LogP contribution in [-0.2, 0) is 0 Å². The first-order valence-electron chi connectivity index (χ1n) is 5.77. The molecule has 1 fully saturated rings. The summed E-state index contributed by atoms with van der Waals surface area (Å²) in [5.41, 5.74) is 5.56. The molecular formula is C12H13ClFN3O2. The maximum absolute atomic E-state index is 13.3. The van der Waals surface area contributed by atoms with E-state index in [0.29, 0.717) is 0 Å². The van der Waals surface area contributed by atoms with Crippen LogP contribution in [0.25, 0.3) is 0 Å². The van der Waals surface area contributed by atoms with E-state index in [1.54, 1.807) is 0 Å². The number of rotatable bonds is 4. The van der Waals surface area contributed by atoms with Crippen molar-refractivity contribution in [1.29, 1.82) is 0 Å². The van der Waals surface area contributed by atoms with Crippen molar-refractivity contribution < 1.29 is 14.4 Å². The number of hydrogen-bond acceptors (Lipinski definition) is 3. The highest BCUT2D eigenvalue weighted by Gasteiger charge is 2.35. The third-order valence-corrected chi connectivity index (χ3v) is 3.39. The minimum atomic E-state index is -0.666. The lowest BCUT2D eigenvalue weighted by atomic mass is 10.1. The molecule has 2 rings (SSSR count). The number of hydrogen-bond donors (Lipinski definition) is 3. The van der Waals surface area contributed by atoms with Crippen molar-refractivity contribution in [1.82, 2.24) is 5.32 Å². The Balaban J connectivity index is 2.17. The van der Waals surface area contributed by atoms with E-state index in [-0.39, 0.29) is 22.3 Å². The van der Waals surface area contributed by atoms with Crippen LogP contribution in [-0.4, -0.2) is 23.0 Å². The normalized spacial score (nSPS) is 17.1. The standard InChI is InChI=1S/C12H13ClFN3O2/c13-9-7(2-1-3-8(9)14)12(18)16-10(6-4-5-6)11(15)17-19/h1-3,6,10,19H,4-5H2,(H2,15,17)(H,16,18). The van der Waals surface area contributed by atoms with Gasteiger partial charge in [0.1, 0.15) is 5.82 Å².